The van der Waals surface area contributed by atoms with Gasteiger partial charge in [0.05, 0.1) is 22.1 Å². The number of para-hydroxylation sites is 1. The lowest BCUT2D eigenvalue weighted by Crippen LogP contribution is -2.20. The maximum absolute atomic E-state index is 12.5. The van der Waals surface area contributed by atoms with Gasteiger partial charge in [-0.1, -0.05) is 41.4 Å². The standard InChI is InChI=1S/C21H15Cl2N3O3S/c1-12-15-10-18(30-20(15)26(25-12)14-5-3-2-4-6-14)21(28)29-11-19(27)24-17-9-13(22)7-8-16(17)23/h2-10H,11H2,1H3,(H,24,27). The summed E-state index contributed by atoms with van der Waals surface area (Å²) in [5.74, 6) is -1.09. The molecular weight excluding hydrogens is 445 g/mol. The number of fused-ring (bicyclic) bond motifs is 1. The summed E-state index contributed by atoms with van der Waals surface area (Å²) in [5, 5.41) is 8.75. The normalized spacial score (nSPS) is 10.9. The van der Waals surface area contributed by atoms with Gasteiger partial charge in [-0.25, -0.2) is 9.48 Å². The van der Waals surface area contributed by atoms with E-state index < -0.39 is 18.5 Å². The SMILES string of the molecule is Cc1nn(-c2ccccc2)c2sc(C(=O)OCC(=O)Nc3cc(Cl)ccc3Cl)cc12. The number of anilines is 1. The zero-order valence-corrected chi connectivity index (χ0v) is 18.0. The van der Waals surface area contributed by atoms with Gasteiger partial charge >= 0.3 is 5.97 Å². The lowest BCUT2D eigenvalue weighted by molar-refractivity contribution is -0.119. The van der Waals surface area contributed by atoms with Gasteiger partial charge in [-0.15, -0.1) is 11.3 Å². The number of esters is 1. The molecule has 0 radical (unpaired) electrons. The molecule has 1 amide bonds. The number of aromatic nitrogens is 2. The number of halogens is 2. The summed E-state index contributed by atoms with van der Waals surface area (Å²) in [4.78, 5) is 25.8. The summed E-state index contributed by atoms with van der Waals surface area (Å²) in [6, 6.07) is 16.1. The minimum Gasteiger partial charge on any atom is -0.451 e. The van der Waals surface area contributed by atoms with Crippen LogP contribution in [0, 0.1) is 6.92 Å². The number of nitrogens with one attached hydrogen (secondary N) is 1. The molecule has 6 nitrogen and oxygen atoms in total. The highest BCUT2D eigenvalue weighted by Crippen LogP contribution is 2.31. The predicted octanol–water partition coefficient (Wildman–Crippen LogP) is 5.50. The predicted molar refractivity (Wildman–Crippen MR) is 119 cm³/mol. The fourth-order valence-corrected chi connectivity index (χ4v) is 4.29. The lowest BCUT2D eigenvalue weighted by atomic mass is 10.3. The van der Waals surface area contributed by atoms with Crippen LogP contribution in [0.4, 0.5) is 5.69 Å². The van der Waals surface area contributed by atoms with Crippen molar-refractivity contribution in [2.45, 2.75) is 6.92 Å². The molecule has 2 heterocycles. The van der Waals surface area contributed by atoms with Gasteiger partial charge in [0.15, 0.2) is 6.61 Å². The van der Waals surface area contributed by atoms with E-state index in [4.69, 9.17) is 27.9 Å². The second-order valence-corrected chi connectivity index (χ2v) is 8.29. The molecule has 4 rings (SSSR count). The smallest absolute Gasteiger partial charge is 0.348 e. The van der Waals surface area contributed by atoms with Gasteiger partial charge in [-0.2, -0.15) is 5.10 Å². The highest BCUT2D eigenvalue weighted by Gasteiger charge is 2.19. The highest BCUT2D eigenvalue weighted by atomic mass is 35.5. The molecule has 9 heteroatoms. The van der Waals surface area contributed by atoms with Gasteiger partial charge in [0.25, 0.3) is 5.91 Å². The number of nitrogens with zero attached hydrogens (tertiary/aromatic N) is 2. The molecule has 1 N–H and O–H groups in total. The van der Waals surface area contributed by atoms with E-state index in [0.717, 1.165) is 21.6 Å². The number of benzene rings is 2. The minimum absolute atomic E-state index is 0.338. The molecule has 0 atom stereocenters. The van der Waals surface area contributed by atoms with E-state index in [1.54, 1.807) is 22.9 Å². The Labute approximate surface area is 186 Å². The molecule has 30 heavy (non-hydrogen) atoms. The summed E-state index contributed by atoms with van der Waals surface area (Å²) in [7, 11) is 0. The molecule has 0 spiro atoms. The van der Waals surface area contributed by atoms with Crippen molar-refractivity contribution in [2.75, 3.05) is 11.9 Å². The van der Waals surface area contributed by atoms with Crippen LogP contribution in [-0.4, -0.2) is 28.3 Å². The molecule has 2 aromatic carbocycles. The fourth-order valence-electron chi connectivity index (χ4n) is 2.87. The molecule has 0 bridgehead atoms. The van der Waals surface area contributed by atoms with Gasteiger partial charge in [0.1, 0.15) is 9.71 Å². The van der Waals surface area contributed by atoms with Crippen molar-refractivity contribution in [3.8, 4) is 5.69 Å². The maximum Gasteiger partial charge on any atom is 0.348 e. The largest absolute Gasteiger partial charge is 0.451 e. The highest BCUT2D eigenvalue weighted by molar-refractivity contribution is 7.20. The number of carbonyl (C=O) groups is 2. The van der Waals surface area contributed by atoms with Crippen LogP contribution >= 0.6 is 34.5 Å². The van der Waals surface area contributed by atoms with Crippen LogP contribution in [0.25, 0.3) is 15.9 Å². The van der Waals surface area contributed by atoms with Gasteiger partial charge in [0.2, 0.25) is 0 Å². The minimum atomic E-state index is -0.581. The first-order valence-corrected chi connectivity index (χ1v) is 10.5. The quantitative estimate of drug-likeness (QED) is 0.400. The summed E-state index contributed by atoms with van der Waals surface area (Å²) in [6.07, 6.45) is 0. The van der Waals surface area contributed by atoms with E-state index in [9.17, 15) is 9.59 Å². The number of hydrogen-bond acceptors (Lipinski definition) is 5. The van der Waals surface area contributed by atoms with Crippen molar-refractivity contribution in [1.29, 1.82) is 0 Å². The molecule has 4 aromatic rings. The molecule has 0 fully saturated rings. The third-order valence-corrected chi connectivity index (χ3v) is 5.94. The lowest BCUT2D eigenvalue weighted by Gasteiger charge is -2.08. The Hall–Kier alpha value is -2.87. The molecular formula is C21H15Cl2N3O3S. The number of ether oxygens (including phenoxy) is 1. The first-order valence-electron chi connectivity index (χ1n) is 8.89. The molecule has 0 aliphatic rings. The van der Waals surface area contributed by atoms with Crippen molar-refractivity contribution < 1.29 is 14.3 Å². The van der Waals surface area contributed by atoms with E-state index in [1.807, 2.05) is 37.3 Å². The zero-order valence-electron chi connectivity index (χ0n) is 15.7. The van der Waals surface area contributed by atoms with E-state index in [0.29, 0.717) is 20.6 Å². The number of hydrogen-bond donors (Lipinski definition) is 1. The molecule has 0 aliphatic heterocycles. The summed E-state index contributed by atoms with van der Waals surface area (Å²) >= 11 is 13.2. The van der Waals surface area contributed by atoms with Crippen molar-refractivity contribution in [1.82, 2.24) is 9.78 Å². The van der Waals surface area contributed by atoms with Gasteiger partial charge in [-0.3, -0.25) is 4.79 Å². The van der Waals surface area contributed by atoms with Crippen LogP contribution < -0.4 is 5.32 Å². The maximum atomic E-state index is 12.5. The van der Waals surface area contributed by atoms with Gasteiger partial charge in [0, 0.05) is 10.4 Å². The third kappa shape index (κ3) is 4.18. The number of aryl methyl sites for hydroxylation is 1. The van der Waals surface area contributed by atoms with Crippen LogP contribution in [0.5, 0.6) is 0 Å². The number of amides is 1. The Morgan fingerprint density at radius 1 is 1.13 bits per heavy atom. The van der Waals surface area contributed by atoms with Crippen molar-refractivity contribution >= 4 is 62.3 Å². The van der Waals surface area contributed by atoms with Crippen LogP contribution in [0.15, 0.2) is 54.6 Å². The van der Waals surface area contributed by atoms with Crippen molar-refractivity contribution in [3.05, 3.63) is 75.2 Å². The Morgan fingerprint density at radius 3 is 2.67 bits per heavy atom. The summed E-state index contributed by atoms with van der Waals surface area (Å²) in [5.41, 5.74) is 2.05. The van der Waals surface area contributed by atoms with E-state index in [2.05, 4.69) is 10.4 Å². The first kappa shape index (κ1) is 20.4. The second-order valence-electron chi connectivity index (χ2n) is 6.41. The Morgan fingerprint density at radius 2 is 1.90 bits per heavy atom. The van der Waals surface area contributed by atoms with Gasteiger partial charge in [-0.05, 0) is 43.3 Å². The Kier molecular flexibility index (Phi) is 5.76. The van der Waals surface area contributed by atoms with Crippen LogP contribution in [0.3, 0.4) is 0 Å². The van der Waals surface area contributed by atoms with Crippen LogP contribution in [0.1, 0.15) is 15.4 Å². The molecule has 152 valence electrons. The average Bonchev–Trinajstić information content (AvgIpc) is 3.30. The summed E-state index contributed by atoms with van der Waals surface area (Å²) < 4.78 is 6.96. The van der Waals surface area contributed by atoms with E-state index in [-0.39, 0.29) is 0 Å². The number of carbonyl (C=O) groups excluding carboxylic acids is 2. The molecule has 0 saturated heterocycles. The van der Waals surface area contributed by atoms with E-state index in [1.165, 1.54) is 17.4 Å². The zero-order chi connectivity index (χ0) is 21.3. The fraction of sp³-hybridized carbons (Fsp3) is 0.0952. The first-order chi connectivity index (χ1) is 14.4. The summed E-state index contributed by atoms with van der Waals surface area (Å²) in [6.45, 7) is 1.44. The molecule has 2 aromatic heterocycles. The molecule has 0 unspecified atom stereocenters. The Bertz CT molecular complexity index is 1250. The van der Waals surface area contributed by atoms with Crippen LogP contribution in [0.2, 0.25) is 10.0 Å². The Balaban J connectivity index is 1.47. The number of thiophene rings is 1. The van der Waals surface area contributed by atoms with Crippen molar-refractivity contribution in [3.63, 3.8) is 0 Å². The van der Waals surface area contributed by atoms with E-state index >= 15 is 0 Å². The topological polar surface area (TPSA) is 73.2 Å². The molecule has 0 aliphatic carbocycles. The monoisotopic (exact) mass is 459 g/mol. The second kappa shape index (κ2) is 8.47. The van der Waals surface area contributed by atoms with Gasteiger partial charge < -0.3 is 10.1 Å². The number of rotatable bonds is 5. The van der Waals surface area contributed by atoms with Crippen molar-refractivity contribution in [2.24, 2.45) is 0 Å². The molecule has 0 saturated carbocycles. The van der Waals surface area contributed by atoms with Crippen LogP contribution in [-0.2, 0) is 9.53 Å². The average molecular weight is 460 g/mol. The third-order valence-electron chi connectivity index (χ3n) is 4.28.